The molecule has 29 nitrogen and oxygen atoms in total. The average Bonchev–Trinajstić information content (AvgIpc) is 1.73. The lowest BCUT2D eigenvalue weighted by Crippen LogP contribution is -2.68. The molecule has 490 valence electrons. The summed E-state index contributed by atoms with van der Waals surface area (Å²) in [5.41, 5.74) is 0.462. The number of fused-ring (bicyclic) bond motifs is 7. The molecule has 0 radical (unpaired) electrons. The lowest BCUT2D eigenvalue weighted by Gasteiger charge is -2.59. The minimum absolute atomic E-state index is 0.0728. The van der Waals surface area contributed by atoms with Gasteiger partial charge in [0, 0.05) is 12.3 Å². The Morgan fingerprint density at radius 2 is 1.14 bits per heavy atom. The second kappa shape index (κ2) is 26.3. The fourth-order valence-electron chi connectivity index (χ4n) is 16.3. The van der Waals surface area contributed by atoms with Gasteiger partial charge in [0.2, 0.25) is 0 Å². The van der Waals surface area contributed by atoms with Crippen LogP contribution in [0, 0.1) is 46.3 Å². The second-order valence-electron chi connectivity index (χ2n) is 26.4. The molecule has 6 saturated heterocycles. The zero-order valence-corrected chi connectivity index (χ0v) is 48.1. The smallest absolute Gasteiger partial charge is 0.187 e. The molecular formula is C56H92O29. The molecule has 0 spiro atoms. The van der Waals surface area contributed by atoms with Crippen LogP contribution in [0.2, 0.25) is 0 Å². The Kier molecular flexibility index (Phi) is 20.6. The van der Waals surface area contributed by atoms with Crippen molar-refractivity contribution in [3.8, 4) is 0 Å². The van der Waals surface area contributed by atoms with Crippen molar-refractivity contribution < 1.29 is 144 Å². The van der Waals surface area contributed by atoms with Crippen molar-refractivity contribution >= 4 is 0 Å². The van der Waals surface area contributed by atoms with Gasteiger partial charge < -0.3 is 144 Å². The van der Waals surface area contributed by atoms with Crippen LogP contribution < -0.4 is 0 Å². The molecule has 85 heavy (non-hydrogen) atoms. The van der Waals surface area contributed by atoms with E-state index in [4.69, 9.17) is 52.1 Å². The van der Waals surface area contributed by atoms with E-state index in [1.807, 2.05) is 6.92 Å². The van der Waals surface area contributed by atoms with Crippen LogP contribution in [0.1, 0.15) is 79.1 Å². The molecule has 29 heteroatoms. The third kappa shape index (κ3) is 12.2. The highest BCUT2D eigenvalue weighted by Gasteiger charge is 2.68. The first kappa shape index (κ1) is 66.5. The van der Waals surface area contributed by atoms with E-state index in [0.29, 0.717) is 19.3 Å². The molecule has 0 unspecified atom stereocenters. The summed E-state index contributed by atoms with van der Waals surface area (Å²) in [6, 6.07) is 0. The van der Waals surface area contributed by atoms with Crippen molar-refractivity contribution in [3.63, 3.8) is 0 Å². The largest absolute Gasteiger partial charge is 0.394 e. The van der Waals surface area contributed by atoms with Crippen LogP contribution in [0.3, 0.4) is 0 Å². The Hall–Kier alpha value is -1.42. The van der Waals surface area contributed by atoms with E-state index >= 15 is 0 Å². The third-order valence-electron chi connectivity index (χ3n) is 21.3. The fourth-order valence-corrected chi connectivity index (χ4v) is 16.3. The van der Waals surface area contributed by atoms with Crippen LogP contribution in [-0.2, 0) is 52.1 Å². The lowest BCUT2D eigenvalue weighted by atomic mass is 9.46. The zero-order chi connectivity index (χ0) is 61.5. The van der Waals surface area contributed by atoms with Crippen molar-refractivity contribution in [3.05, 3.63) is 11.6 Å². The molecule has 0 aromatic heterocycles. The van der Waals surface area contributed by atoms with E-state index in [0.717, 1.165) is 31.3 Å². The van der Waals surface area contributed by atoms with Crippen LogP contribution in [0.4, 0.5) is 0 Å². The fraction of sp³-hybridized carbons (Fsp3) is 0.964. The second-order valence-corrected chi connectivity index (χ2v) is 26.4. The summed E-state index contributed by atoms with van der Waals surface area (Å²) in [4.78, 5) is 0. The lowest BCUT2D eigenvalue weighted by molar-refractivity contribution is -0.404. The summed E-state index contributed by atoms with van der Waals surface area (Å²) in [5.74, 6) is -0.960. The normalized spacial score (nSPS) is 54.8. The number of rotatable bonds is 18. The minimum Gasteiger partial charge on any atom is -0.394 e. The highest BCUT2D eigenvalue weighted by molar-refractivity contribution is 5.27. The van der Waals surface area contributed by atoms with Crippen molar-refractivity contribution in [2.45, 2.75) is 251 Å². The molecule has 10 aliphatic rings. The van der Waals surface area contributed by atoms with E-state index in [-0.39, 0.29) is 60.1 Å². The van der Waals surface area contributed by atoms with Crippen molar-refractivity contribution in [2.75, 3.05) is 39.6 Å². The van der Waals surface area contributed by atoms with Gasteiger partial charge in [0.1, 0.15) is 116 Å². The van der Waals surface area contributed by atoms with E-state index < -0.39 is 204 Å². The van der Waals surface area contributed by atoms with Gasteiger partial charge in [0.15, 0.2) is 37.2 Å². The van der Waals surface area contributed by atoms with Gasteiger partial charge in [-0.05, 0) is 85.4 Å². The number of aliphatic hydroxyl groups is 18. The Morgan fingerprint density at radius 1 is 0.588 bits per heavy atom. The number of allylic oxidation sites excluding steroid dienone is 1. The maximum atomic E-state index is 12.1. The number of ether oxygens (including phenoxy) is 11. The van der Waals surface area contributed by atoms with Crippen LogP contribution in [0.25, 0.3) is 0 Å². The summed E-state index contributed by atoms with van der Waals surface area (Å²) < 4.78 is 65.4. The van der Waals surface area contributed by atoms with Crippen LogP contribution in [0.15, 0.2) is 11.6 Å². The zero-order valence-electron chi connectivity index (χ0n) is 48.1. The van der Waals surface area contributed by atoms with E-state index in [1.165, 1.54) is 0 Å². The van der Waals surface area contributed by atoms with Crippen LogP contribution in [-0.4, -0.2) is 303 Å². The highest BCUT2D eigenvalue weighted by Crippen LogP contribution is 2.70. The molecule has 0 amide bonds. The maximum Gasteiger partial charge on any atom is 0.187 e. The summed E-state index contributed by atoms with van der Waals surface area (Å²) in [7, 11) is 0. The topological polar surface area (TPSA) is 466 Å². The first-order chi connectivity index (χ1) is 40.2. The summed E-state index contributed by atoms with van der Waals surface area (Å²) in [6.07, 6.45) is -36.9. The molecule has 3 saturated carbocycles. The monoisotopic (exact) mass is 1230 g/mol. The van der Waals surface area contributed by atoms with E-state index in [9.17, 15) is 91.9 Å². The van der Waals surface area contributed by atoms with Gasteiger partial charge in [-0.25, -0.2) is 0 Å². The molecule has 0 aromatic rings. The maximum absolute atomic E-state index is 12.1. The number of aliphatic hydroxyl groups excluding tert-OH is 17. The van der Waals surface area contributed by atoms with Gasteiger partial charge in [-0.1, -0.05) is 39.3 Å². The van der Waals surface area contributed by atoms with Gasteiger partial charge in [-0.2, -0.15) is 0 Å². The van der Waals surface area contributed by atoms with Gasteiger partial charge in [-0.15, -0.1) is 0 Å². The van der Waals surface area contributed by atoms with Crippen molar-refractivity contribution in [2.24, 2.45) is 46.3 Å². The van der Waals surface area contributed by atoms with Gasteiger partial charge in [0.05, 0.1) is 58.0 Å². The summed E-state index contributed by atoms with van der Waals surface area (Å²) >= 11 is 0. The average molecular weight is 1230 g/mol. The van der Waals surface area contributed by atoms with Gasteiger partial charge >= 0.3 is 0 Å². The summed E-state index contributed by atoms with van der Waals surface area (Å²) in [5, 5.41) is 194. The molecule has 6 heterocycles. The first-order valence-corrected chi connectivity index (χ1v) is 30.1. The molecule has 6 aliphatic heterocycles. The molecule has 9 fully saturated rings. The predicted octanol–water partition coefficient (Wildman–Crippen LogP) is -6.60. The summed E-state index contributed by atoms with van der Waals surface area (Å²) in [6.45, 7) is 4.77. The standard InChI is InChI=1S/C56H92O29/c1-20(18-75-49-43(71)39(67)36(64)30(14-57)78-49)7-10-56(74)21(2)34-29(85-56)12-25-23-6-5-22-11-28(26(61)13-55(22,4)24(23)8-9-54(25,34)3)77-51-45(73)41(69)46(33(17-60)81-51)82-53-48(84-52-44(72)40(68)37(65)31(15-58)79-52)47(38(66)32(16-59)80-53)83-50-42(70)35(63)27(62)19-76-50/h5,20-21,23-53,57-74H,6-19H2,1-4H3/t20-,21+,23-,24+,25+,26-,27-,28-,29+,30+,31-,32-,33-,34+,35+,36+,37-,38-,39-,40+,41-,42-,43+,44-,45-,46+,47+,48-,49+,50+,51-,52+,53+,54+,55+,56-/m1/s1. The highest BCUT2D eigenvalue weighted by atomic mass is 16.8. The Bertz CT molecular complexity index is 2240. The molecule has 36 atom stereocenters. The molecule has 18 N–H and O–H groups in total. The molecule has 0 bridgehead atoms. The van der Waals surface area contributed by atoms with E-state index in [1.54, 1.807) is 0 Å². The van der Waals surface area contributed by atoms with E-state index in [2.05, 4.69) is 26.8 Å². The van der Waals surface area contributed by atoms with Gasteiger partial charge in [-0.3, -0.25) is 0 Å². The van der Waals surface area contributed by atoms with Crippen LogP contribution >= 0.6 is 0 Å². The Balaban J connectivity index is 0.783. The van der Waals surface area contributed by atoms with Crippen LogP contribution in [0.5, 0.6) is 0 Å². The Labute approximate surface area is 491 Å². The quantitative estimate of drug-likeness (QED) is 0.0567. The number of hydrogen-bond donors (Lipinski definition) is 18. The molecule has 0 aromatic carbocycles. The third-order valence-corrected chi connectivity index (χ3v) is 21.3. The molecule has 4 aliphatic carbocycles. The predicted molar refractivity (Wildman–Crippen MR) is 280 cm³/mol. The SMILES string of the molecule is C[C@H](CC[C@@]1(O)O[C@H]2C[C@H]3[C@@H]4CC=C5C[C@@H](O[C@@H]6O[C@H](CO)[C@H](O[C@@H]7O[C@H](CO)[C@@H](O)[C@H](O[C@@H]8OC[C@@H](O)[C@H](O)[C@H]8O)[C@H]7O[C@@H]7O[C@H](CO)[C@@H](O)[C@H](O)[C@H]7O)[C@H](O)[C@H]6O)[C@H](O)C[C@]5(C)[C@H]4CC[C@]3(C)[C@H]2[C@@H]1C)CO[C@H]1O[C@@H](CO)[C@H](O)[C@@H](O)[C@@H]1O. The Morgan fingerprint density at radius 3 is 1.80 bits per heavy atom. The molecular weight excluding hydrogens is 1140 g/mol. The van der Waals surface area contributed by atoms with Crippen molar-refractivity contribution in [1.82, 2.24) is 0 Å². The first-order valence-electron chi connectivity index (χ1n) is 30.1. The number of hydrogen-bond acceptors (Lipinski definition) is 29. The van der Waals surface area contributed by atoms with Gasteiger partial charge in [0.25, 0.3) is 0 Å². The minimum atomic E-state index is -2.05. The van der Waals surface area contributed by atoms with Crippen molar-refractivity contribution in [1.29, 1.82) is 0 Å². The molecule has 10 rings (SSSR count).